The van der Waals surface area contributed by atoms with Crippen molar-refractivity contribution < 1.29 is 18.8 Å². The maximum Gasteiger partial charge on any atom is 0.257 e. The quantitative estimate of drug-likeness (QED) is 0.909. The lowest BCUT2D eigenvalue weighted by Gasteiger charge is -2.11. The second kappa shape index (κ2) is 5.70. The smallest absolute Gasteiger partial charge is 0.257 e. The van der Waals surface area contributed by atoms with Crippen LogP contribution in [0.3, 0.4) is 0 Å². The summed E-state index contributed by atoms with van der Waals surface area (Å²) in [4.78, 5) is 16.1. The van der Waals surface area contributed by atoms with Crippen molar-refractivity contribution in [1.29, 1.82) is 0 Å². The van der Waals surface area contributed by atoms with Crippen LogP contribution in [0.25, 0.3) is 0 Å². The number of amides is 1. The fraction of sp³-hybridized carbons (Fsp3) is 0.308. The first-order chi connectivity index (χ1) is 9.81. The van der Waals surface area contributed by atoms with Gasteiger partial charge in [0.2, 0.25) is 5.88 Å². The fourth-order valence-corrected chi connectivity index (χ4v) is 1.86. The number of pyridine rings is 1. The van der Waals surface area contributed by atoms with Gasteiger partial charge in [-0.2, -0.15) is 0 Å². The average molecular weight is 275 g/mol. The van der Waals surface area contributed by atoms with Crippen LogP contribution in [0.2, 0.25) is 0 Å². The fourth-order valence-electron chi connectivity index (χ4n) is 1.86. The molecule has 1 amide bonds. The molecule has 0 radical (unpaired) electrons. The molecular formula is C13H13N3O4. The van der Waals surface area contributed by atoms with Crippen LogP contribution in [-0.2, 0) is 4.74 Å². The Bertz CT molecular complexity index is 579. The highest BCUT2D eigenvalue weighted by atomic mass is 16.5. The molecule has 0 unspecified atom stereocenters. The van der Waals surface area contributed by atoms with Crippen molar-refractivity contribution in [2.45, 2.75) is 12.5 Å². The van der Waals surface area contributed by atoms with Crippen molar-refractivity contribution >= 4 is 11.7 Å². The van der Waals surface area contributed by atoms with Gasteiger partial charge in [0.25, 0.3) is 5.91 Å². The Morgan fingerprint density at radius 2 is 2.40 bits per heavy atom. The first kappa shape index (κ1) is 12.6. The molecule has 2 aromatic rings. The average Bonchev–Trinajstić information content (AvgIpc) is 3.12. The first-order valence-corrected chi connectivity index (χ1v) is 6.23. The molecule has 0 spiro atoms. The molecule has 7 heteroatoms. The largest absolute Gasteiger partial charge is 0.472 e. The predicted octanol–water partition coefficient (Wildman–Crippen LogP) is 1.49. The third-order valence-corrected chi connectivity index (χ3v) is 2.85. The van der Waals surface area contributed by atoms with E-state index in [-0.39, 0.29) is 12.0 Å². The molecule has 20 heavy (non-hydrogen) atoms. The lowest BCUT2D eigenvalue weighted by molar-refractivity contribution is 0.102. The summed E-state index contributed by atoms with van der Waals surface area (Å²) < 4.78 is 15.5. The maximum atomic E-state index is 12.0. The Morgan fingerprint density at radius 3 is 3.15 bits per heavy atom. The minimum Gasteiger partial charge on any atom is -0.472 e. The summed E-state index contributed by atoms with van der Waals surface area (Å²) in [6.45, 7) is 1.24. The second-order valence-corrected chi connectivity index (χ2v) is 4.33. The minimum atomic E-state index is -0.297. The minimum absolute atomic E-state index is 0.00338. The van der Waals surface area contributed by atoms with E-state index in [4.69, 9.17) is 9.47 Å². The van der Waals surface area contributed by atoms with E-state index in [1.54, 1.807) is 18.2 Å². The van der Waals surface area contributed by atoms with Crippen LogP contribution >= 0.6 is 0 Å². The Balaban J connectivity index is 1.68. The monoisotopic (exact) mass is 275 g/mol. The van der Waals surface area contributed by atoms with Gasteiger partial charge in [-0.15, -0.1) is 0 Å². The van der Waals surface area contributed by atoms with Crippen LogP contribution < -0.4 is 10.1 Å². The highest BCUT2D eigenvalue weighted by molar-refractivity contribution is 6.03. The van der Waals surface area contributed by atoms with Crippen molar-refractivity contribution in [3.8, 4) is 5.88 Å². The van der Waals surface area contributed by atoms with Gasteiger partial charge in [-0.25, -0.2) is 4.98 Å². The molecule has 0 saturated carbocycles. The molecular weight excluding hydrogens is 262 g/mol. The van der Waals surface area contributed by atoms with E-state index in [2.05, 4.69) is 20.0 Å². The van der Waals surface area contributed by atoms with Gasteiger partial charge in [0.15, 0.2) is 5.82 Å². The van der Waals surface area contributed by atoms with Crippen LogP contribution in [0.5, 0.6) is 5.88 Å². The Hall–Kier alpha value is -2.41. The van der Waals surface area contributed by atoms with E-state index in [9.17, 15) is 4.79 Å². The van der Waals surface area contributed by atoms with E-state index in [1.807, 2.05) is 0 Å². The zero-order valence-corrected chi connectivity index (χ0v) is 10.6. The van der Waals surface area contributed by atoms with E-state index in [0.717, 1.165) is 6.42 Å². The lowest BCUT2D eigenvalue weighted by Crippen LogP contribution is -2.17. The van der Waals surface area contributed by atoms with E-state index in [1.165, 1.54) is 12.5 Å². The normalized spacial score (nSPS) is 17.9. The van der Waals surface area contributed by atoms with Gasteiger partial charge >= 0.3 is 0 Å². The summed E-state index contributed by atoms with van der Waals surface area (Å²) in [6.07, 6.45) is 3.74. The number of anilines is 1. The van der Waals surface area contributed by atoms with Crippen molar-refractivity contribution in [3.63, 3.8) is 0 Å². The molecule has 0 aromatic carbocycles. The number of ether oxygens (including phenoxy) is 2. The molecule has 0 bridgehead atoms. The Morgan fingerprint density at radius 1 is 1.45 bits per heavy atom. The molecule has 0 aliphatic carbocycles. The number of aromatic nitrogens is 2. The maximum absolute atomic E-state index is 12.0. The number of carbonyl (C=O) groups is 1. The highest BCUT2D eigenvalue weighted by Crippen LogP contribution is 2.16. The molecule has 7 nitrogen and oxygen atoms in total. The summed E-state index contributed by atoms with van der Waals surface area (Å²) in [7, 11) is 0. The van der Waals surface area contributed by atoms with E-state index < -0.39 is 0 Å². The second-order valence-electron chi connectivity index (χ2n) is 4.33. The standard InChI is InChI=1S/C13H13N3O4/c17-13(15-11-3-6-19-16-11)9-1-4-14-12(7-9)20-10-2-5-18-8-10/h1,3-4,6-7,10H,2,5,8H2,(H,15,16,17)/t10-/m0/s1. The number of carbonyl (C=O) groups excluding carboxylic acids is 1. The summed E-state index contributed by atoms with van der Waals surface area (Å²) in [5, 5.41) is 6.22. The Kier molecular flexibility index (Phi) is 3.60. The molecule has 1 atom stereocenters. The molecule has 1 fully saturated rings. The zero-order chi connectivity index (χ0) is 13.8. The Labute approximate surface area is 114 Å². The van der Waals surface area contributed by atoms with Crippen molar-refractivity contribution in [1.82, 2.24) is 10.1 Å². The van der Waals surface area contributed by atoms with Gasteiger partial charge in [0.05, 0.1) is 13.2 Å². The molecule has 1 saturated heterocycles. The summed E-state index contributed by atoms with van der Waals surface area (Å²) >= 11 is 0. The summed E-state index contributed by atoms with van der Waals surface area (Å²) in [5.74, 6) is 0.473. The lowest BCUT2D eigenvalue weighted by atomic mass is 10.2. The number of nitrogens with zero attached hydrogens (tertiary/aromatic N) is 2. The van der Waals surface area contributed by atoms with Crippen LogP contribution in [0.4, 0.5) is 5.82 Å². The number of hydrogen-bond acceptors (Lipinski definition) is 6. The summed E-state index contributed by atoms with van der Waals surface area (Å²) in [5.41, 5.74) is 0.442. The van der Waals surface area contributed by atoms with Gasteiger partial charge in [-0.3, -0.25) is 4.79 Å². The van der Waals surface area contributed by atoms with E-state index >= 15 is 0 Å². The van der Waals surface area contributed by atoms with Crippen molar-refractivity contribution in [3.05, 3.63) is 36.2 Å². The molecule has 1 aliphatic heterocycles. The molecule has 3 rings (SSSR count). The van der Waals surface area contributed by atoms with Gasteiger partial charge in [0.1, 0.15) is 12.4 Å². The van der Waals surface area contributed by atoms with Crippen molar-refractivity contribution in [2.75, 3.05) is 18.5 Å². The van der Waals surface area contributed by atoms with Gasteiger partial charge in [-0.05, 0) is 6.07 Å². The molecule has 2 aromatic heterocycles. The first-order valence-electron chi connectivity index (χ1n) is 6.23. The third-order valence-electron chi connectivity index (χ3n) is 2.85. The number of nitrogens with one attached hydrogen (secondary N) is 1. The number of hydrogen-bond donors (Lipinski definition) is 1. The van der Waals surface area contributed by atoms with E-state index in [0.29, 0.717) is 30.5 Å². The SMILES string of the molecule is O=C(Nc1ccon1)c1ccnc(O[C@H]2CCOC2)c1. The number of rotatable bonds is 4. The topological polar surface area (TPSA) is 86.5 Å². The molecule has 104 valence electrons. The highest BCUT2D eigenvalue weighted by Gasteiger charge is 2.18. The predicted molar refractivity (Wildman–Crippen MR) is 68.5 cm³/mol. The zero-order valence-electron chi connectivity index (χ0n) is 10.6. The molecule has 1 N–H and O–H groups in total. The van der Waals surface area contributed by atoms with Crippen LogP contribution in [0.1, 0.15) is 16.8 Å². The van der Waals surface area contributed by atoms with Crippen LogP contribution in [0.15, 0.2) is 35.2 Å². The molecule has 1 aliphatic rings. The molecule has 3 heterocycles. The summed E-state index contributed by atoms with van der Waals surface area (Å²) in [6, 6.07) is 4.76. The third kappa shape index (κ3) is 2.94. The van der Waals surface area contributed by atoms with Gasteiger partial charge < -0.3 is 19.3 Å². The van der Waals surface area contributed by atoms with Gasteiger partial charge in [0, 0.05) is 30.3 Å². The van der Waals surface area contributed by atoms with Crippen molar-refractivity contribution in [2.24, 2.45) is 0 Å². The van der Waals surface area contributed by atoms with Gasteiger partial charge in [-0.1, -0.05) is 5.16 Å². The van der Waals surface area contributed by atoms with Crippen LogP contribution in [0, 0.1) is 0 Å². The van der Waals surface area contributed by atoms with Crippen LogP contribution in [-0.4, -0.2) is 35.4 Å².